The van der Waals surface area contributed by atoms with Crippen LogP contribution in [-0.2, 0) is 10.8 Å². The van der Waals surface area contributed by atoms with Crippen molar-refractivity contribution in [2.75, 3.05) is 6.26 Å². The minimum absolute atomic E-state index is 0.319. The Morgan fingerprint density at radius 1 is 1.07 bits per heavy atom. The van der Waals surface area contributed by atoms with Gasteiger partial charge in [0.25, 0.3) is 11.8 Å². The van der Waals surface area contributed by atoms with Crippen LogP contribution in [0.5, 0.6) is 0 Å². The van der Waals surface area contributed by atoms with Gasteiger partial charge in [0.05, 0.1) is 33.3 Å². The Balaban J connectivity index is 1.80. The van der Waals surface area contributed by atoms with Crippen LogP contribution in [0.3, 0.4) is 0 Å². The molecule has 8 heteroatoms. The maximum atomic E-state index is 12.1. The van der Waals surface area contributed by atoms with Crippen molar-refractivity contribution in [3.63, 3.8) is 0 Å². The summed E-state index contributed by atoms with van der Waals surface area (Å²) in [6.07, 6.45) is 3.32. The van der Waals surface area contributed by atoms with Gasteiger partial charge in [-0.15, -0.1) is 21.5 Å². The third-order valence-corrected chi connectivity index (χ3v) is 6.09. The van der Waals surface area contributed by atoms with E-state index < -0.39 is 10.8 Å². The summed E-state index contributed by atoms with van der Waals surface area (Å²) < 4.78 is 17.9. The summed E-state index contributed by atoms with van der Waals surface area (Å²) in [5, 5.41) is 10.3. The summed E-state index contributed by atoms with van der Waals surface area (Å²) >= 11 is 1.55. The molecule has 0 fully saturated rings. The van der Waals surface area contributed by atoms with E-state index in [0.29, 0.717) is 33.8 Å². The lowest BCUT2D eigenvalue weighted by Crippen LogP contribution is -1.98. The summed E-state index contributed by atoms with van der Waals surface area (Å²) in [5.41, 5.74) is 3.70. The van der Waals surface area contributed by atoms with Gasteiger partial charge >= 0.3 is 0 Å². The fraction of sp³-hybridized carbons (Fsp3) is 0.158. The van der Waals surface area contributed by atoms with E-state index in [-0.39, 0.29) is 0 Å². The Morgan fingerprint density at radius 2 is 1.85 bits per heavy atom. The third-order valence-electron chi connectivity index (χ3n) is 4.11. The Bertz CT molecular complexity index is 1150. The second-order valence-corrected chi connectivity index (χ2v) is 8.25. The highest BCUT2D eigenvalue weighted by Crippen LogP contribution is 2.31. The molecule has 0 saturated carbocycles. The van der Waals surface area contributed by atoms with Gasteiger partial charge in [-0.2, -0.15) is 0 Å². The second kappa shape index (κ2) is 7.13. The lowest BCUT2D eigenvalue weighted by Gasteiger charge is -2.08. The molecule has 0 aliphatic rings. The monoisotopic (exact) mass is 396 g/mol. The van der Waals surface area contributed by atoms with Gasteiger partial charge in [0.1, 0.15) is 5.69 Å². The van der Waals surface area contributed by atoms with Gasteiger partial charge in [0, 0.05) is 16.7 Å². The van der Waals surface area contributed by atoms with Crippen LogP contribution in [0, 0.1) is 13.8 Å². The van der Waals surface area contributed by atoms with Crippen molar-refractivity contribution in [3.8, 4) is 33.6 Å². The van der Waals surface area contributed by atoms with Crippen molar-refractivity contribution < 1.29 is 8.63 Å². The van der Waals surface area contributed by atoms with E-state index in [1.54, 1.807) is 23.8 Å². The Hall–Kier alpha value is -2.71. The molecule has 0 spiro atoms. The summed E-state index contributed by atoms with van der Waals surface area (Å²) in [7, 11) is -1.13. The molecule has 0 saturated heterocycles. The average Bonchev–Trinajstić information content (AvgIpc) is 3.31. The topological polar surface area (TPSA) is 81.8 Å². The quantitative estimate of drug-likeness (QED) is 0.512. The molecule has 0 radical (unpaired) electrons. The number of nitrogens with zero attached hydrogens (tertiary/aromatic N) is 4. The van der Waals surface area contributed by atoms with Crippen LogP contribution in [0.15, 0.2) is 51.2 Å². The number of rotatable bonds is 4. The normalized spacial score (nSPS) is 12.3. The molecular formula is C19H16N4O2S2. The molecule has 27 heavy (non-hydrogen) atoms. The van der Waals surface area contributed by atoms with Crippen LogP contribution >= 0.6 is 11.3 Å². The van der Waals surface area contributed by atoms with Gasteiger partial charge in [-0.25, -0.2) is 4.98 Å². The van der Waals surface area contributed by atoms with E-state index in [1.165, 1.54) is 0 Å². The molecule has 3 heterocycles. The van der Waals surface area contributed by atoms with Gasteiger partial charge < -0.3 is 4.42 Å². The van der Waals surface area contributed by atoms with Crippen molar-refractivity contribution in [2.45, 2.75) is 18.7 Å². The number of aryl methyl sites for hydroxylation is 2. The molecule has 0 aliphatic heterocycles. The number of hydrogen-bond donors (Lipinski definition) is 0. The van der Waals surface area contributed by atoms with Gasteiger partial charge in [-0.3, -0.25) is 9.19 Å². The minimum atomic E-state index is -1.13. The Labute approximate surface area is 162 Å². The van der Waals surface area contributed by atoms with Crippen LogP contribution in [-0.4, -0.2) is 30.6 Å². The summed E-state index contributed by atoms with van der Waals surface area (Å²) in [6, 6.07) is 9.47. The molecular weight excluding hydrogens is 380 g/mol. The van der Waals surface area contributed by atoms with Gasteiger partial charge in [0.2, 0.25) is 0 Å². The zero-order valence-corrected chi connectivity index (χ0v) is 16.6. The Kier molecular flexibility index (Phi) is 4.67. The smallest absolute Gasteiger partial charge is 0.268 e. The van der Waals surface area contributed by atoms with Crippen molar-refractivity contribution in [3.05, 3.63) is 53.2 Å². The number of aromatic nitrogens is 4. The fourth-order valence-electron chi connectivity index (χ4n) is 2.71. The molecule has 0 amide bonds. The lowest BCUT2D eigenvalue weighted by atomic mass is 10.1. The molecule has 6 nitrogen and oxygen atoms in total. The number of hydrogen-bond acceptors (Lipinski definition) is 7. The third kappa shape index (κ3) is 3.33. The van der Waals surface area contributed by atoms with E-state index in [0.717, 1.165) is 16.0 Å². The average molecular weight is 396 g/mol. The molecule has 0 bridgehead atoms. The first kappa shape index (κ1) is 17.7. The molecule has 1 unspecified atom stereocenters. The van der Waals surface area contributed by atoms with Crippen molar-refractivity contribution in [1.29, 1.82) is 0 Å². The van der Waals surface area contributed by atoms with Crippen molar-refractivity contribution in [2.24, 2.45) is 0 Å². The fourth-order valence-corrected chi connectivity index (χ4v) is 4.31. The summed E-state index contributed by atoms with van der Waals surface area (Å²) in [5.74, 6) is 0.791. The van der Waals surface area contributed by atoms with E-state index in [2.05, 4.69) is 20.2 Å². The molecule has 0 N–H and O–H groups in total. The van der Waals surface area contributed by atoms with Gasteiger partial charge in [-0.05, 0) is 36.9 Å². The van der Waals surface area contributed by atoms with E-state index >= 15 is 0 Å². The first-order chi connectivity index (χ1) is 13.0. The number of benzene rings is 1. The van der Waals surface area contributed by atoms with Crippen molar-refractivity contribution >= 4 is 22.1 Å². The van der Waals surface area contributed by atoms with E-state index in [9.17, 15) is 4.21 Å². The van der Waals surface area contributed by atoms with Crippen molar-refractivity contribution in [1.82, 2.24) is 20.2 Å². The van der Waals surface area contributed by atoms with Gasteiger partial charge in [0.15, 0.2) is 0 Å². The molecule has 4 aromatic rings. The van der Waals surface area contributed by atoms with Crippen LogP contribution in [0.25, 0.3) is 33.6 Å². The molecule has 3 aromatic heterocycles. The highest BCUT2D eigenvalue weighted by Gasteiger charge is 2.18. The van der Waals surface area contributed by atoms with Gasteiger partial charge in [-0.1, -0.05) is 18.2 Å². The standard InChI is InChI=1S/C19H16N4O2S2/c1-11-8-9-26-17(11)19-23-22-18(25-19)16-12(2)20-10-14(21-16)13-6-4-5-7-15(13)27(3)24/h4-10H,1-3H3. The van der Waals surface area contributed by atoms with Crippen LogP contribution in [0.4, 0.5) is 0 Å². The second-order valence-electron chi connectivity index (χ2n) is 5.98. The number of thiophene rings is 1. The van der Waals surface area contributed by atoms with Crippen LogP contribution in [0.1, 0.15) is 11.3 Å². The molecule has 1 atom stereocenters. The highest BCUT2D eigenvalue weighted by atomic mass is 32.2. The Morgan fingerprint density at radius 3 is 2.59 bits per heavy atom. The predicted octanol–water partition coefficient (Wildman–Crippen LogP) is 4.28. The summed E-state index contributed by atoms with van der Waals surface area (Å²) in [4.78, 5) is 10.8. The first-order valence-electron chi connectivity index (χ1n) is 8.19. The van der Waals surface area contributed by atoms with E-state index in [4.69, 9.17) is 4.42 Å². The zero-order chi connectivity index (χ0) is 19.0. The predicted molar refractivity (Wildman–Crippen MR) is 106 cm³/mol. The van der Waals surface area contributed by atoms with Crippen LogP contribution in [0.2, 0.25) is 0 Å². The SMILES string of the molecule is Cc1ccsc1-c1nnc(-c2nc(-c3ccccc3S(C)=O)cnc2C)o1. The minimum Gasteiger partial charge on any atom is -0.414 e. The van der Waals surface area contributed by atoms with Crippen LogP contribution < -0.4 is 0 Å². The molecule has 136 valence electrons. The van der Waals surface area contributed by atoms with E-state index in [1.807, 2.05) is 49.6 Å². The molecule has 1 aromatic carbocycles. The largest absolute Gasteiger partial charge is 0.414 e. The zero-order valence-electron chi connectivity index (χ0n) is 15.0. The lowest BCUT2D eigenvalue weighted by molar-refractivity contribution is 0.582. The summed E-state index contributed by atoms with van der Waals surface area (Å²) in [6.45, 7) is 3.85. The maximum absolute atomic E-state index is 12.1. The molecule has 0 aliphatic carbocycles. The molecule has 4 rings (SSSR count). The maximum Gasteiger partial charge on any atom is 0.268 e. The first-order valence-corrected chi connectivity index (χ1v) is 10.6. The highest BCUT2D eigenvalue weighted by molar-refractivity contribution is 7.84.